The predicted octanol–water partition coefficient (Wildman–Crippen LogP) is 17.2. The third kappa shape index (κ3) is 6.01. The predicted molar refractivity (Wildman–Crippen MR) is 261 cm³/mol. The molecule has 0 unspecified atom stereocenters. The van der Waals surface area contributed by atoms with Crippen LogP contribution >= 0.6 is 11.3 Å². The van der Waals surface area contributed by atoms with Gasteiger partial charge in [0, 0.05) is 31.2 Å². The van der Waals surface area contributed by atoms with Crippen molar-refractivity contribution in [2.45, 2.75) is 0 Å². The average Bonchev–Trinajstić information content (AvgIpc) is 3.92. The quantitative estimate of drug-likeness (QED) is 0.160. The van der Waals surface area contributed by atoms with Gasteiger partial charge in [-0.2, -0.15) is 0 Å². The molecule has 0 bridgehead atoms. The zero-order chi connectivity index (χ0) is 40.3. The Morgan fingerprint density at radius 3 is 1.74 bits per heavy atom. The Kier molecular flexibility index (Phi) is 8.39. The number of hydrogen-bond donors (Lipinski definition) is 0. The van der Waals surface area contributed by atoms with Gasteiger partial charge in [0.05, 0.1) is 16.8 Å². The minimum absolute atomic E-state index is 0.859. The lowest BCUT2D eigenvalue weighted by Crippen LogP contribution is -2.11. The van der Waals surface area contributed by atoms with Crippen LogP contribution in [0, 0.1) is 0 Å². The van der Waals surface area contributed by atoms with Crippen molar-refractivity contribution in [2.75, 3.05) is 4.90 Å². The fourth-order valence-electron chi connectivity index (χ4n) is 9.18. The van der Waals surface area contributed by atoms with Crippen molar-refractivity contribution in [1.29, 1.82) is 0 Å². The van der Waals surface area contributed by atoms with Crippen LogP contribution < -0.4 is 4.90 Å². The van der Waals surface area contributed by atoms with Crippen molar-refractivity contribution >= 4 is 81.3 Å². The summed E-state index contributed by atoms with van der Waals surface area (Å²) in [6, 6.07) is 81.0. The number of fused-ring (bicyclic) bond motifs is 7. The number of nitrogens with zero attached hydrogens (tertiary/aromatic N) is 1. The molecule has 0 aliphatic heterocycles. The van der Waals surface area contributed by atoms with Crippen LogP contribution in [0.2, 0.25) is 0 Å². The molecule has 0 atom stereocenters. The van der Waals surface area contributed by atoms with Crippen LogP contribution in [0.3, 0.4) is 0 Å². The van der Waals surface area contributed by atoms with Gasteiger partial charge in [-0.15, -0.1) is 11.3 Å². The number of benzene rings is 10. The van der Waals surface area contributed by atoms with E-state index in [0.717, 1.165) is 44.6 Å². The molecule has 0 fully saturated rings. The highest BCUT2D eigenvalue weighted by Gasteiger charge is 2.24. The molecule has 10 aromatic carbocycles. The molecule has 2 heterocycles. The second-order valence-electron chi connectivity index (χ2n) is 15.6. The van der Waals surface area contributed by atoms with E-state index in [0.29, 0.717) is 0 Å². The van der Waals surface area contributed by atoms with E-state index in [-0.39, 0.29) is 0 Å². The molecule has 0 amide bonds. The van der Waals surface area contributed by atoms with E-state index in [1.165, 1.54) is 69.9 Å². The molecule has 3 heteroatoms. The zero-order valence-corrected chi connectivity index (χ0v) is 33.9. The number of furan rings is 1. The minimum atomic E-state index is 0.859. The summed E-state index contributed by atoms with van der Waals surface area (Å²) in [5.41, 5.74) is 14.6. The first-order valence-corrected chi connectivity index (χ1v) is 21.6. The number of anilines is 3. The van der Waals surface area contributed by atoms with Crippen molar-refractivity contribution in [1.82, 2.24) is 0 Å². The van der Waals surface area contributed by atoms with E-state index in [2.05, 4.69) is 229 Å². The summed E-state index contributed by atoms with van der Waals surface area (Å²) in [7, 11) is 0. The Labute approximate surface area is 357 Å². The average molecular weight is 796 g/mol. The van der Waals surface area contributed by atoms with Crippen LogP contribution in [-0.2, 0) is 0 Å². The van der Waals surface area contributed by atoms with E-state index in [9.17, 15) is 0 Å². The molecule has 0 saturated heterocycles. The largest absolute Gasteiger partial charge is 0.456 e. The maximum Gasteiger partial charge on any atom is 0.137 e. The van der Waals surface area contributed by atoms with Crippen LogP contribution in [0.4, 0.5) is 17.1 Å². The van der Waals surface area contributed by atoms with Gasteiger partial charge >= 0.3 is 0 Å². The van der Waals surface area contributed by atoms with Gasteiger partial charge in [-0.3, -0.25) is 0 Å². The molecule has 2 aromatic heterocycles. The van der Waals surface area contributed by atoms with Gasteiger partial charge in [-0.1, -0.05) is 176 Å². The first kappa shape index (κ1) is 35.2. The highest BCUT2D eigenvalue weighted by Crippen LogP contribution is 2.50. The second-order valence-corrected chi connectivity index (χ2v) is 16.7. The maximum absolute atomic E-state index is 6.71. The Balaban J connectivity index is 1.04. The summed E-state index contributed by atoms with van der Waals surface area (Å²) in [5.74, 6) is 0. The molecule has 61 heavy (non-hydrogen) atoms. The van der Waals surface area contributed by atoms with E-state index in [1.54, 1.807) is 0 Å². The summed E-state index contributed by atoms with van der Waals surface area (Å²) in [5, 5.41) is 7.19. The van der Waals surface area contributed by atoms with Gasteiger partial charge in [0.15, 0.2) is 0 Å². The third-order valence-electron chi connectivity index (χ3n) is 12.1. The maximum atomic E-state index is 6.71. The van der Waals surface area contributed by atoms with Crippen LogP contribution in [0.5, 0.6) is 0 Å². The van der Waals surface area contributed by atoms with Gasteiger partial charge in [0.1, 0.15) is 11.2 Å². The molecule has 0 spiro atoms. The van der Waals surface area contributed by atoms with Gasteiger partial charge in [-0.25, -0.2) is 0 Å². The van der Waals surface area contributed by atoms with Crippen LogP contribution in [0.25, 0.3) is 97.4 Å². The number of rotatable bonds is 7. The van der Waals surface area contributed by atoms with Gasteiger partial charge < -0.3 is 9.32 Å². The SMILES string of the molecule is c1ccc(-c2ccc3c(c2)oc2cccc(N(c4ccc(-c5ccc(-c6cccc7ccccc67)cc5)cc4)c4ccc(-c5ccccc5)c5sc6ccccc6c45)c23)cc1. The topological polar surface area (TPSA) is 16.4 Å². The van der Waals surface area contributed by atoms with Crippen molar-refractivity contribution in [3.05, 3.63) is 224 Å². The summed E-state index contributed by atoms with van der Waals surface area (Å²) in [4.78, 5) is 2.45. The first-order chi connectivity index (χ1) is 30.2. The molecule has 0 N–H and O–H groups in total. The number of thiophene rings is 1. The van der Waals surface area contributed by atoms with Crippen LogP contribution in [-0.4, -0.2) is 0 Å². The Morgan fingerprint density at radius 1 is 0.344 bits per heavy atom. The van der Waals surface area contributed by atoms with Gasteiger partial charge in [0.25, 0.3) is 0 Å². The van der Waals surface area contributed by atoms with Gasteiger partial charge in [0.2, 0.25) is 0 Å². The first-order valence-electron chi connectivity index (χ1n) is 20.7. The zero-order valence-electron chi connectivity index (χ0n) is 33.1. The molecule has 12 aromatic rings. The fraction of sp³-hybridized carbons (Fsp3) is 0. The highest BCUT2D eigenvalue weighted by atomic mass is 32.1. The summed E-state index contributed by atoms with van der Waals surface area (Å²) >= 11 is 1.87. The lowest BCUT2D eigenvalue weighted by atomic mass is 9.96. The summed E-state index contributed by atoms with van der Waals surface area (Å²) < 4.78 is 9.26. The molecule has 0 radical (unpaired) electrons. The molecular formula is C58H37NOS. The molecular weight excluding hydrogens is 759 g/mol. The number of hydrogen-bond acceptors (Lipinski definition) is 3. The van der Waals surface area contributed by atoms with Crippen LogP contribution in [0.1, 0.15) is 0 Å². The van der Waals surface area contributed by atoms with E-state index in [1.807, 2.05) is 11.3 Å². The molecule has 0 aliphatic carbocycles. The van der Waals surface area contributed by atoms with Crippen molar-refractivity contribution in [2.24, 2.45) is 0 Å². The lowest BCUT2D eigenvalue weighted by Gasteiger charge is -2.28. The molecule has 2 nitrogen and oxygen atoms in total. The normalized spacial score (nSPS) is 11.6. The Bertz CT molecular complexity index is 3560. The molecule has 286 valence electrons. The van der Waals surface area contributed by atoms with Crippen LogP contribution in [0.15, 0.2) is 229 Å². The summed E-state index contributed by atoms with van der Waals surface area (Å²) in [6.07, 6.45) is 0. The highest BCUT2D eigenvalue weighted by molar-refractivity contribution is 7.26. The van der Waals surface area contributed by atoms with E-state index in [4.69, 9.17) is 4.42 Å². The lowest BCUT2D eigenvalue weighted by molar-refractivity contribution is 0.669. The standard InChI is InChI=1S/C58H37NOS/c1-3-13-38(14-4-1)44-31-34-49-54(37-44)60-53-23-12-22-51(56(49)53)59(52-36-35-48(42-15-5-2-6-16-42)58-57(52)50-20-9-10-24-55(50)61-58)45-32-29-40(30-33-45)39-25-27-43(28-26-39)47-21-11-18-41-17-7-8-19-46(41)47/h1-37H. The fourth-order valence-corrected chi connectivity index (χ4v) is 10.4. The Morgan fingerprint density at radius 2 is 0.934 bits per heavy atom. The van der Waals surface area contributed by atoms with E-state index >= 15 is 0 Å². The van der Waals surface area contributed by atoms with Crippen molar-refractivity contribution in [3.63, 3.8) is 0 Å². The Hall–Kier alpha value is -7.72. The van der Waals surface area contributed by atoms with E-state index < -0.39 is 0 Å². The molecule has 12 rings (SSSR count). The third-order valence-corrected chi connectivity index (χ3v) is 13.3. The monoisotopic (exact) mass is 795 g/mol. The smallest absolute Gasteiger partial charge is 0.137 e. The van der Waals surface area contributed by atoms with Crippen molar-refractivity contribution < 1.29 is 4.42 Å². The molecule has 0 saturated carbocycles. The van der Waals surface area contributed by atoms with Gasteiger partial charge in [-0.05, 0) is 104 Å². The minimum Gasteiger partial charge on any atom is -0.456 e. The summed E-state index contributed by atoms with van der Waals surface area (Å²) in [6.45, 7) is 0. The molecule has 0 aliphatic rings. The second kappa shape index (κ2) is 14.5. The van der Waals surface area contributed by atoms with Crippen molar-refractivity contribution in [3.8, 4) is 44.5 Å².